The van der Waals surface area contributed by atoms with Gasteiger partial charge in [0.2, 0.25) is 0 Å². The standard InChI is InChI=1S/C15H21N3O3/c1-18(2)12-5-4-11(9-16-12)14(21)17-10-15(6-3-7-15)8-13(19)20/h4-5,9H,3,6-8,10H2,1-2H3,(H,17,21)(H,19,20). The van der Waals surface area contributed by atoms with Gasteiger partial charge in [-0.15, -0.1) is 0 Å². The predicted octanol–water partition coefficient (Wildman–Crippen LogP) is 1.52. The number of pyridine rings is 1. The van der Waals surface area contributed by atoms with E-state index in [2.05, 4.69) is 10.3 Å². The Hall–Kier alpha value is -2.11. The summed E-state index contributed by atoms with van der Waals surface area (Å²) in [5.74, 6) is -0.224. The maximum Gasteiger partial charge on any atom is 0.303 e. The van der Waals surface area contributed by atoms with Crippen LogP contribution in [0.3, 0.4) is 0 Å². The maximum absolute atomic E-state index is 12.1. The largest absolute Gasteiger partial charge is 0.481 e. The molecule has 1 fully saturated rings. The zero-order valence-corrected chi connectivity index (χ0v) is 12.4. The van der Waals surface area contributed by atoms with Crippen molar-refractivity contribution in [3.8, 4) is 0 Å². The molecule has 114 valence electrons. The molecule has 1 aromatic heterocycles. The van der Waals surface area contributed by atoms with Gasteiger partial charge in [0.25, 0.3) is 5.91 Å². The number of nitrogens with zero attached hydrogens (tertiary/aromatic N) is 2. The Bertz CT molecular complexity index is 521. The minimum Gasteiger partial charge on any atom is -0.481 e. The fraction of sp³-hybridized carbons (Fsp3) is 0.533. The van der Waals surface area contributed by atoms with E-state index in [1.807, 2.05) is 19.0 Å². The van der Waals surface area contributed by atoms with Crippen LogP contribution in [-0.4, -0.2) is 42.6 Å². The van der Waals surface area contributed by atoms with Crippen molar-refractivity contribution in [1.82, 2.24) is 10.3 Å². The van der Waals surface area contributed by atoms with Crippen molar-refractivity contribution in [3.05, 3.63) is 23.9 Å². The van der Waals surface area contributed by atoms with E-state index >= 15 is 0 Å². The molecule has 0 aliphatic heterocycles. The lowest BCUT2D eigenvalue weighted by atomic mass is 9.66. The van der Waals surface area contributed by atoms with E-state index in [0.29, 0.717) is 12.1 Å². The lowest BCUT2D eigenvalue weighted by Gasteiger charge is -2.40. The third-order valence-electron chi connectivity index (χ3n) is 4.03. The van der Waals surface area contributed by atoms with Gasteiger partial charge in [-0.05, 0) is 30.4 Å². The first-order chi connectivity index (χ1) is 9.92. The Morgan fingerprint density at radius 2 is 2.10 bits per heavy atom. The van der Waals surface area contributed by atoms with E-state index in [-0.39, 0.29) is 17.7 Å². The number of amides is 1. The summed E-state index contributed by atoms with van der Waals surface area (Å²) in [6, 6.07) is 3.51. The lowest BCUT2D eigenvalue weighted by Crippen LogP contribution is -2.43. The minimum atomic E-state index is -0.805. The first-order valence-electron chi connectivity index (χ1n) is 7.05. The van der Waals surface area contributed by atoms with Crippen molar-refractivity contribution < 1.29 is 14.7 Å². The highest BCUT2D eigenvalue weighted by atomic mass is 16.4. The second kappa shape index (κ2) is 6.11. The first-order valence-corrected chi connectivity index (χ1v) is 7.05. The number of nitrogens with one attached hydrogen (secondary N) is 1. The average Bonchev–Trinajstić information content (AvgIpc) is 2.41. The van der Waals surface area contributed by atoms with E-state index in [1.165, 1.54) is 6.20 Å². The van der Waals surface area contributed by atoms with Gasteiger partial charge in [-0.25, -0.2) is 4.98 Å². The van der Waals surface area contributed by atoms with Crippen LogP contribution in [0.4, 0.5) is 5.82 Å². The van der Waals surface area contributed by atoms with Crippen LogP contribution in [0.1, 0.15) is 36.0 Å². The topological polar surface area (TPSA) is 82.5 Å². The molecule has 1 aliphatic carbocycles. The van der Waals surface area contributed by atoms with Crippen molar-refractivity contribution >= 4 is 17.7 Å². The molecule has 2 rings (SSSR count). The molecular weight excluding hydrogens is 270 g/mol. The van der Waals surface area contributed by atoms with Crippen LogP contribution in [0.25, 0.3) is 0 Å². The van der Waals surface area contributed by atoms with Gasteiger partial charge in [0.15, 0.2) is 0 Å². The third-order valence-corrected chi connectivity index (χ3v) is 4.03. The van der Waals surface area contributed by atoms with Gasteiger partial charge in [0.05, 0.1) is 12.0 Å². The molecule has 21 heavy (non-hydrogen) atoms. The lowest BCUT2D eigenvalue weighted by molar-refractivity contribution is -0.141. The van der Waals surface area contributed by atoms with Crippen LogP contribution in [0.2, 0.25) is 0 Å². The summed E-state index contributed by atoms with van der Waals surface area (Å²) >= 11 is 0. The number of hydrogen-bond acceptors (Lipinski definition) is 4. The molecule has 0 unspecified atom stereocenters. The molecule has 0 spiro atoms. The molecule has 0 saturated heterocycles. The molecule has 1 saturated carbocycles. The van der Waals surface area contributed by atoms with Gasteiger partial charge in [-0.2, -0.15) is 0 Å². The summed E-state index contributed by atoms with van der Waals surface area (Å²) in [5, 5.41) is 11.8. The summed E-state index contributed by atoms with van der Waals surface area (Å²) in [6.45, 7) is 0.410. The molecule has 0 atom stereocenters. The number of anilines is 1. The van der Waals surface area contributed by atoms with Crippen LogP contribution in [-0.2, 0) is 4.79 Å². The molecule has 2 N–H and O–H groups in total. The van der Waals surface area contributed by atoms with Gasteiger partial charge in [0.1, 0.15) is 5.82 Å². The highest BCUT2D eigenvalue weighted by Crippen LogP contribution is 2.43. The Labute approximate surface area is 124 Å². The molecular formula is C15H21N3O3. The molecule has 1 heterocycles. The van der Waals surface area contributed by atoms with E-state index in [9.17, 15) is 9.59 Å². The summed E-state index contributed by atoms with van der Waals surface area (Å²) in [6.07, 6.45) is 4.40. The van der Waals surface area contributed by atoms with Crippen LogP contribution < -0.4 is 10.2 Å². The van der Waals surface area contributed by atoms with Gasteiger partial charge < -0.3 is 15.3 Å². The molecule has 6 heteroatoms. The van der Waals surface area contributed by atoms with Crippen LogP contribution in [0.15, 0.2) is 18.3 Å². The number of rotatable bonds is 6. The molecule has 1 aliphatic rings. The monoisotopic (exact) mass is 291 g/mol. The zero-order valence-electron chi connectivity index (χ0n) is 12.4. The smallest absolute Gasteiger partial charge is 0.303 e. The molecule has 0 bridgehead atoms. The number of carbonyl (C=O) groups is 2. The Morgan fingerprint density at radius 1 is 1.38 bits per heavy atom. The van der Waals surface area contributed by atoms with E-state index < -0.39 is 5.97 Å². The van der Waals surface area contributed by atoms with Gasteiger partial charge in [-0.1, -0.05) is 6.42 Å². The Morgan fingerprint density at radius 3 is 2.52 bits per heavy atom. The average molecular weight is 291 g/mol. The summed E-state index contributed by atoms with van der Waals surface area (Å²) in [5.41, 5.74) is 0.226. The predicted molar refractivity (Wildman–Crippen MR) is 79.4 cm³/mol. The third kappa shape index (κ3) is 3.71. The summed E-state index contributed by atoms with van der Waals surface area (Å²) in [4.78, 5) is 29.0. The molecule has 1 aromatic rings. The van der Waals surface area contributed by atoms with Crippen LogP contribution in [0.5, 0.6) is 0 Å². The quantitative estimate of drug-likeness (QED) is 0.830. The van der Waals surface area contributed by atoms with Crippen molar-refractivity contribution in [2.75, 3.05) is 25.5 Å². The molecule has 0 aromatic carbocycles. The molecule has 1 amide bonds. The summed E-state index contributed by atoms with van der Waals surface area (Å²) in [7, 11) is 3.77. The highest BCUT2D eigenvalue weighted by Gasteiger charge is 2.39. The van der Waals surface area contributed by atoms with Gasteiger partial charge in [0, 0.05) is 26.8 Å². The van der Waals surface area contributed by atoms with Crippen molar-refractivity contribution in [3.63, 3.8) is 0 Å². The number of carboxylic acids is 1. The van der Waals surface area contributed by atoms with E-state index in [4.69, 9.17) is 5.11 Å². The number of hydrogen-bond donors (Lipinski definition) is 2. The van der Waals surface area contributed by atoms with Crippen molar-refractivity contribution in [2.24, 2.45) is 5.41 Å². The van der Waals surface area contributed by atoms with Crippen molar-refractivity contribution in [2.45, 2.75) is 25.7 Å². The second-order valence-electron chi connectivity index (χ2n) is 5.91. The minimum absolute atomic E-state index is 0.116. The van der Waals surface area contributed by atoms with E-state index in [1.54, 1.807) is 12.1 Å². The number of carboxylic acid groups (broad SMARTS) is 1. The normalized spacial score (nSPS) is 15.9. The van der Waals surface area contributed by atoms with Crippen LogP contribution >= 0.6 is 0 Å². The second-order valence-corrected chi connectivity index (χ2v) is 5.91. The number of aliphatic carboxylic acids is 1. The molecule has 6 nitrogen and oxygen atoms in total. The summed E-state index contributed by atoms with van der Waals surface area (Å²) < 4.78 is 0. The fourth-order valence-corrected chi connectivity index (χ4v) is 2.57. The highest BCUT2D eigenvalue weighted by molar-refractivity contribution is 5.94. The number of carbonyl (C=O) groups excluding carboxylic acids is 1. The van der Waals surface area contributed by atoms with Crippen molar-refractivity contribution in [1.29, 1.82) is 0 Å². The van der Waals surface area contributed by atoms with E-state index in [0.717, 1.165) is 25.1 Å². The maximum atomic E-state index is 12.1. The van der Waals surface area contributed by atoms with Gasteiger partial charge >= 0.3 is 5.97 Å². The fourth-order valence-electron chi connectivity index (χ4n) is 2.57. The Balaban J connectivity index is 1.93. The first kappa shape index (κ1) is 15.3. The zero-order chi connectivity index (χ0) is 15.5. The van der Waals surface area contributed by atoms with Crippen LogP contribution in [0, 0.1) is 5.41 Å². The SMILES string of the molecule is CN(C)c1ccc(C(=O)NCC2(CC(=O)O)CCC2)cn1. The van der Waals surface area contributed by atoms with Gasteiger partial charge in [-0.3, -0.25) is 9.59 Å². The molecule has 0 radical (unpaired) electrons. The number of aromatic nitrogens is 1. The Kier molecular flexibility index (Phi) is 4.45.